The molecule has 2 nitrogen and oxygen atoms in total. The summed E-state index contributed by atoms with van der Waals surface area (Å²) in [4.78, 5) is 0. The van der Waals surface area contributed by atoms with Gasteiger partial charge in [-0.3, -0.25) is 0 Å². The van der Waals surface area contributed by atoms with E-state index < -0.39 is 12.3 Å². The van der Waals surface area contributed by atoms with Crippen molar-refractivity contribution in [3.63, 3.8) is 0 Å². The Balaban J connectivity index is 1.58. The fraction of sp³-hybridized carbons (Fsp3) is 1.00. The number of aliphatic hydroxyl groups is 1. The zero-order valence-corrected chi connectivity index (χ0v) is 15.7. The zero-order valence-electron chi connectivity index (χ0n) is 15.7. The van der Waals surface area contributed by atoms with Gasteiger partial charge in [-0.15, -0.1) is 0 Å². The van der Waals surface area contributed by atoms with Gasteiger partial charge < -0.3 is 9.84 Å². The number of ether oxygens (including phenoxy) is 1. The lowest BCUT2D eigenvalue weighted by molar-refractivity contribution is -0.160. The van der Waals surface area contributed by atoms with Crippen molar-refractivity contribution < 1.29 is 14.2 Å². The number of fused-ring (bicyclic) bond motifs is 5. The third-order valence-electron chi connectivity index (χ3n) is 9.27. The van der Waals surface area contributed by atoms with Crippen molar-refractivity contribution in [2.75, 3.05) is 13.8 Å². The van der Waals surface area contributed by atoms with Crippen LogP contribution in [0.15, 0.2) is 0 Å². The van der Waals surface area contributed by atoms with Crippen molar-refractivity contribution in [1.82, 2.24) is 0 Å². The number of rotatable bonds is 2. The third kappa shape index (κ3) is 2.26. The maximum Gasteiger partial charge on any atom is 0.118 e. The normalized spacial score (nSPS) is 57.1. The van der Waals surface area contributed by atoms with Gasteiger partial charge in [0.25, 0.3) is 0 Å². The van der Waals surface area contributed by atoms with Gasteiger partial charge in [-0.05, 0) is 92.3 Å². The first-order valence-corrected chi connectivity index (χ1v) is 10.2. The molecule has 4 fully saturated rings. The fourth-order valence-electron chi connectivity index (χ4n) is 7.78. The van der Waals surface area contributed by atoms with Crippen LogP contribution in [0.1, 0.15) is 71.6 Å². The van der Waals surface area contributed by atoms with E-state index in [1.807, 2.05) is 7.11 Å². The molecule has 4 aliphatic rings. The Kier molecular flexibility index (Phi) is 4.08. The molecule has 4 unspecified atom stereocenters. The summed E-state index contributed by atoms with van der Waals surface area (Å²) in [5, 5.41) is 10.5. The maximum atomic E-state index is 13.3. The molecule has 4 saturated carbocycles. The van der Waals surface area contributed by atoms with Crippen molar-refractivity contribution in [2.24, 2.45) is 34.5 Å². The van der Waals surface area contributed by atoms with Crippen LogP contribution in [-0.4, -0.2) is 30.6 Å². The van der Waals surface area contributed by atoms with Gasteiger partial charge in [-0.2, -0.15) is 0 Å². The van der Waals surface area contributed by atoms with Gasteiger partial charge in [0.05, 0.1) is 11.7 Å². The standard InChI is InChI=1S/C21H35FO2/c1-19-10-11-21(23,13-22)12-14(19)4-5-15-16-6-7-18(24-3)20(16,2)9-8-17(15)19/h14-18,23H,4-13H2,1-3H3/t14?,15?,16?,17?,18-,19-,20-,21+/m0/s1. The van der Waals surface area contributed by atoms with E-state index in [4.69, 9.17) is 4.74 Å². The highest BCUT2D eigenvalue weighted by Gasteiger charge is 2.61. The van der Waals surface area contributed by atoms with E-state index in [2.05, 4.69) is 13.8 Å². The molecule has 4 rings (SSSR count). The van der Waals surface area contributed by atoms with E-state index in [1.54, 1.807) is 0 Å². The second-order valence-corrected chi connectivity index (χ2v) is 10.1. The van der Waals surface area contributed by atoms with E-state index in [1.165, 1.54) is 38.5 Å². The van der Waals surface area contributed by atoms with Crippen molar-refractivity contribution >= 4 is 0 Å². The van der Waals surface area contributed by atoms with Crippen molar-refractivity contribution in [3.8, 4) is 0 Å². The van der Waals surface area contributed by atoms with E-state index >= 15 is 0 Å². The first-order valence-electron chi connectivity index (χ1n) is 10.2. The van der Waals surface area contributed by atoms with Crippen LogP contribution in [0.25, 0.3) is 0 Å². The summed E-state index contributed by atoms with van der Waals surface area (Å²) in [5.41, 5.74) is -0.348. The van der Waals surface area contributed by atoms with E-state index in [0.29, 0.717) is 35.7 Å². The molecule has 4 aliphatic carbocycles. The molecule has 0 aromatic rings. The molecule has 3 heteroatoms. The molecule has 8 atom stereocenters. The van der Waals surface area contributed by atoms with Crippen LogP contribution in [0, 0.1) is 34.5 Å². The van der Waals surface area contributed by atoms with Gasteiger partial charge in [-0.1, -0.05) is 13.8 Å². The predicted molar refractivity (Wildman–Crippen MR) is 93.4 cm³/mol. The first-order chi connectivity index (χ1) is 11.4. The smallest absolute Gasteiger partial charge is 0.118 e. The topological polar surface area (TPSA) is 29.5 Å². The molecular weight excluding hydrogens is 303 g/mol. The average Bonchev–Trinajstić information content (AvgIpc) is 2.92. The lowest BCUT2D eigenvalue weighted by Crippen LogP contribution is -2.56. The molecule has 24 heavy (non-hydrogen) atoms. The van der Waals surface area contributed by atoms with Crippen molar-refractivity contribution in [2.45, 2.75) is 83.3 Å². The van der Waals surface area contributed by atoms with Gasteiger partial charge >= 0.3 is 0 Å². The summed E-state index contributed by atoms with van der Waals surface area (Å²) >= 11 is 0. The fourth-order valence-corrected chi connectivity index (χ4v) is 7.78. The number of hydrogen-bond donors (Lipinski definition) is 1. The predicted octanol–water partition coefficient (Wildman–Crippen LogP) is 4.74. The quantitative estimate of drug-likeness (QED) is 0.788. The van der Waals surface area contributed by atoms with Crippen LogP contribution in [-0.2, 0) is 4.74 Å². The van der Waals surface area contributed by atoms with Crippen molar-refractivity contribution in [3.05, 3.63) is 0 Å². The molecule has 0 aliphatic heterocycles. The molecule has 0 heterocycles. The van der Waals surface area contributed by atoms with Crippen molar-refractivity contribution in [1.29, 1.82) is 0 Å². The van der Waals surface area contributed by atoms with Gasteiger partial charge in [0.15, 0.2) is 0 Å². The summed E-state index contributed by atoms with van der Waals surface area (Å²) in [6, 6.07) is 0. The summed E-state index contributed by atoms with van der Waals surface area (Å²) in [5.74, 6) is 2.91. The van der Waals surface area contributed by atoms with Gasteiger partial charge in [0, 0.05) is 7.11 Å². The minimum absolute atomic E-state index is 0.316. The Labute approximate surface area is 146 Å². The molecule has 0 spiro atoms. The lowest BCUT2D eigenvalue weighted by Gasteiger charge is -2.61. The zero-order chi connectivity index (χ0) is 17.2. The van der Waals surface area contributed by atoms with Gasteiger partial charge in [0.1, 0.15) is 6.67 Å². The largest absolute Gasteiger partial charge is 0.387 e. The molecule has 0 radical (unpaired) electrons. The second kappa shape index (κ2) is 5.67. The van der Waals surface area contributed by atoms with E-state index in [9.17, 15) is 9.50 Å². The molecule has 138 valence electrons. The average molecular weight is 339 g/mol. The highest BCUT2D eigenvalue weighted by Crippen LogP contribution is 2.67. The second-order valence-electron chi connectivity index (χ2n) is 10.1. The van der Waals surface area contributed by atoms with E-state index in [-0.39, 0.29) is 0 Å². The third-order valence-corrected chi connectivity index (χ3v) is 9.27. The molecule has 0 aromatic carbocycles. The van der Waals surface area contributed by atoms with Crippen LogP contribution in [0.2, 0.25) is 0 Å². The van der Waals surface area contributed by atoms with Crippen LogP contribution in [0.4, 0.5) is 4.39 Å². The molecule has 0 aromatic heterocycles. The Morgan fingerprint density at radius 3 is 2.42 bits per heavy atom. The SMILES string of the molecule is CO[C@H]1CCC2C3CCC4C[C@@](O)(CF)CC[C@]4(C)C3CC[C@@]21C. The highest BCUT2D eigenvalue weighted by atomic mass is 19.1. The number of methoxy groups -OCH3 is 1. The highest BCUT2D eigenvalue weighted by molar-refractivity contribution is 5.10. The first kappa shape index (κ1) is 17.3. The van der Waals surface area contributed by atoms with Crippen LogP contribution < -0.4 is 0 Å². The lowest BCUT2D eigenvalue weighted by atomic mass is 9.44. The summed E-state index contributed by atoms with van der Waals surface area (Å²) < 4.78 is 19.2. The Hall–Kier alpha value is -0.150. The Bertz CT molecular complexity index is 496. The molecular formula is C21H35FO2. The Morgan fingerprint density at radius 1 is 0.958 bits per heavy atom. The number of hydrogen-bond acceptors (Lipinski definition) is 2. The molecule has 0 amide bonds. The minimum atomic E-state index is -1.03. The molecule has 1 N–H and O–H groups in total. The maximum absolute atomic E-state index is 13.3. The summed E-state index contributed by atoms with van der Waals surface area (Å²) in [6.07, 6.45) is 10.4. The Morgan fingerprint density at radius 2 is 1.71 bits per heavy atom. The van der Waals surface area contributed by atoms with Gasteiger partial charge in [-0.25, -0.2) is 4.39 Å². The molecule has 0 bridgehead atoms. The minimum Gasteiger partial charge on any atom is -0.387 e. The molecule has 0 saturated heterocycles. The van der Waals surface area contributed by atoms with Crippen LogP contribution in [0.3, 0.4) is 0 Å². The van der Waals surface area contributed by atoms with Gasteiger partial charge in [0.2, 0.25) is 0 Å². The van der Waals surface area contributed by atoms with Crippen LogP contribution >= 0.6 is 0 Å². The summed E-state index contributed by atoms with van der Waals surface area (Å²) in [6.45, 7) is 4.38. The summed E-state index contributed by atoms with van der Waals surface area (Å²) in [7, 11) is 1.89. The number of halogens is 1. The van der Waals surface area contributed by atoms with E-state index in [0.717, 1.165) is 24.2 Å². The van der Waals surface area contributed by atoms with Crippen LogP contribution in [0.5, 0.6) is 0 Å². The monoisotopic (exact) mass is 338 g/mol. The number of alkyl halides is 1.